The molecule has 0 bridgehead atoms. The molecule has 1 fully saturated rings. The largest absolute Gasteiger partial charge is 0.396 e. The molecule has 0 aromatic rings. The standard InChI is InChI=1S/C10H20O2/c1-7(6-11)4-10-5-8(2)9(3)12-10/h7-11H,4-6H2,1-3H3. The predicted octanol–water partition coefficient (Wildman–Crippen LogP) is 1.82. The molecule has 1 N–H and O–H groups in total. The summed E-state index contributed by atoms with van der Waals surface area (Å²) in [7, 11) is 0. The molecule has 0 aliphatic carbocycles. The zero-order chi connectivity index (χ0) is 9.14. The number of aliphatic hydroxyl groups excluding tert-OH is 1. The summed E-state index contributed by atoms with van der Waals surface area (Å²) < 4.78 is 5.73. The van der Waals surface area contributed by atoms with E-state index in [2.05, 4.69) is 20.8 Å². The molecule has 0 radical (unpaired) electrons. The van der Waals surface area contributed by atoms with Gasteiger partial charge in [0.2, 0.25) is 0 Å². The number of hydrogen-bond donors (Lipinski definition) is 1. The summed E-state index contributed by atoms with van der Waals surface area (Å²) in [4.78, 5) is 0. The van der Waals surface area contributed by atoms with Crippen molar-refractivity contribution in [3.8, 4) is 0 Å². The Morgan fingerprint density at radius 3 is 2.58 bits per heavy atom. The molecule has 0 spiro atoms. The van der Waals surface area contributed by atoms with Crippen LogP contribution in [0.3, 0.4) is 0 Å². The second-order valence-electron chi connectivity index (χ2n) is 4.20. The van der Waals surface area contributed by atoms with E-state index in [1.807, 2.05) is 0 Å². The maximum Gasteiger partial charge on any atom is 0.0585 e. The molecule has 12 heavy (non-hydrogen) atoms. The van der Waals surface area contributed by atoms with E-state index < -0.39 is 0 Å². The Balaban J connectivity index is 2.27. The van der Waals surface area contributed by atoms with Crippen LogP contribution in [0, 0.1) is 11.8 Å². The minimum absolute atomic E-state index is 0.280. The topological polar surface area (TPSA) is 29.5 Å². The van der Waals surface area contributed by atoms with Gasteiger partial charge >= 0.3 is 0 Å². The summed E-state index contributed by atoms with van der Waals surface area (Å²) in [5.74, 6) is 1.06. The van der Waals surface area contributed by atoms with Crippen molar-refractivity contribution >= 4 is 0 Å². The molecule has 4 unspecified atom stereocenters. The van der Waals surface area contributed by atoms with Gasteiger partial charge in [0.1, 0.15) is 0 Å². The quantitative estimate of drug-likeness (QED) is 0.703. The lowest BCUT2D eigenvalue weighted by Crippen LogP contribution is -2.14. The first-order valence-corrected chi connectivity index (χ1v) is 4.89. The molecule has 2 heteroatoms. The predicted molar refractivity (Wildman–Crippen MR) is 49.0 cm³/mol. The van der Waals surface area contributed by atoms with Crippen molar-refractivity contribution in [3.63, 3.8) is 0 Å². The molecule has 72 valence electrons. The van der Waals surface area contributed by atoms with Crippen molar-refractivity contribution in [2.24, 2.45) is 11.8 Å². The first kappa shape index (κ1) is 10.0. The van der Waals surface area contributed by atoms with Crippen LogP contribution in [0.15, 0.2) is 0 Å². The SMILES string of the molecule is CC(CO)CC1CC(C)C(C)O1. The molecule has 1 saturated heterocycles. The molecule has 4 atom stereocenters. The summed E-state index contributed by atoms with van der Waals surface area (Å²) in [6.45, 7) is 6.71. The van der Waals surface area contributed by atoms with Crippen LogP contribution < -0.4 is 0 Å². The van der Waals surface area contributed by atoms with Gasteiger partial charge in [-0.3, -0.25) is 0 Å². The fraction of sp³-hybridized carbons (Fsp3) is 1.00. The van der Waals surface area contributed by atoms with Gasteiger partial charge in [0.05, 0.1) is 12.2 Å². The van der Waals surface area contributed by atoms with E-state index >= 15 is 0 Å². The van der Waals surface area contributed by atoms with Gasteiger partial charge in [-0.15, -0.1) is 0 Å². The first-order chi connectivity index (χ1) is 5.63. The van der Waals surface area contributed by atoms with Gasteiger partial charge in [0.25, 0.3) is 0 Å². The van der Waals surface area contributed by atoms with Crippen LogP contribution >= 0.6 is 0 Å². The van der Waals surface area contributed by atoms with Gasteiger partial charge in [-0.2, -0.15) is 0 Å². The van der Waals surface area contributed by atoms with Crippen LogP contribution in [0.25, 0.3) is 0 Å². The third kappa shape index (κ3) is 2.46. The Labute approximate surface area is 74.9 Å². The van der Waals surface area contributed by atoms with Crippen LogP contribution in [0.4, 0.5) is 0 Å². The van der Waals surface area contributed by atoms with Crippen molar-refractivity contribution in [1.29, 1.82) is 0 Å². The van der Waals surface area contributed by atoms with Crippen LogP contribution in [0.2, 0.25) is 0 Å². The first-order valence-electron chi connectivity index (χ1n) is 4.89. The summed E-state index contributed by atoms with van der Waals surface area (Å²) in [5.41, 5.74) is 0. The summed E-state index contributed by atoms with van der Waals surface area (Å²) in [5, 5.41) is 8.87. The molecular formula is C10H20O2. The average Bonchev–Trinajstić information content (AvgIpc) is 2.31. The minimum Gasteiger partial charge on any atom is -0.396 e. The Morgan fingerprint density at radius 1 is 1.50 bits per heavy atom. The van der Waals surface area contributed by atoms with E-state index in [0.29, 0.717) is 24.0 Å². The number of hydrogen-bond acceptors (Lipinski definition) is 2. The Bertz CT molecular complexity index is 126. The summed E-state index contributed by atoms with van der Waals surface area (Å²) >= 11 is 0. The average molecular weight is 172 g/mol. The Hall–Kier alpha value is -0.0800. The van der Waals surface area contributed by atoms with Crippen molar-refractivity contribution in [1.82, 2.24) is 0 Å². The molecular weight excluding hydrogens is 152 g/mol. The van der Waals surface area contributed by atoms with Gasteiger partial charge in [-0.1, -0.05) is 13.8 Å². The van der Waals surface area contributed by atoms with Crippen LogP contribution in [-0.4, -0.2) is 23.9 Å². The van der Waals surface area contributed by atoms with Crippen molar-refractivity contribution in [3.05, 3.63) is 0 Å². The van der Waals surface area contributed by atoms with Crippen molar-refractivity contribution < 1.29 is 9.84 Å². The summed E-state index contributed by atoms with van der Waals surface area (Å²) in [6.07, 6.45) is 2.95. The molecule has 1 aliphatic heterocycles. The zero-order valence-electron chi connectivity index (χ0n) is 8.29. The highest BCUT2D eigenvalue weighted by atomic mass is 16.5. The highest BCUT2D eigenvalue weighted by Crippen LogP contribution is 2.29. The molecule has 1 aliphatic rings. The second kappa shape index (κ2) is 4.24. The third-order valence-electron chi connectivity index (χ3n) is 2.82. The zero-order valence-corrected chi connectivity index (χ0v) is 8.29. The highest BCUT2D eigenvalue weighted by molar-refractivity contribution is 4.77. The van der Waals surface area contributed by atoms with Gasteiger partial charge in [0, 0.05) is 6.61 Å². The number of ether oxygens (including phenoxy) is 1. The summed E-state index contributed by atoms with van der Waals surface area (Å²) in [6, 6.07) is 0. The minimum atomic E-state index is 0.280. The monoisotopic (exact) mass is 172 g/mol. The van der Waals surface area contributed by atoms with Crippen LogP contribution in [0.5, 0.6) is 0 Å². The highest BCUT2D eigenvalue weighted by Gasteiger charge is 2.29. The number of rotatable bonds is 3. The second-order valence-corrected chi connectivity index (χ2v) is 4.20. The molecule has 0 aromatic carbocycles. The molecule has 1 heterocycles. The van der Waals surface area contributed by atoms with Crippen molar-refractivity contribution in [2.75, 3.05) is 6.61 Å². The Morgan fingerprint density at radius 2 is 2.17 bits per heavy atom. The van der Waals surface area contributed by atoms with E-state index in [4.69, 9.17) is 9.84 Å². The van der Waals surface area contributed by atoms with E-state index in [0.717, 1.165) is 12.8 Å². The van der Waals surface area contributed by atoms with E-state index in [1.165, 1.54) is 0 Å². The fourth-order valence-electron chi connectivity index (χ4n) is 1.77. The fourth-order valence-corrected chi connectivity index (χ4v) is 1.77. The number of aliphatic hydroxyl groups is 1. The lowest BCUT2D eigenvalue weighted by Gasteiger charge is -2.14. The van der Waals surface area contributed by atoms with E-state index in [1.54, 1.807) is 0 Å². The molecule has 2 nitrogen and oxygen atoms in total. The third-order valence-corrected chi connectivity index (χ3v) is 2.82. The maximum atomic E-state index is 8.87. The van der Waals surface area contributed by atoms with Crippen LogP contribution in [-0.2, 0) is 4.74 Å². The van der Waals surface area contributed by atoms with E-state index in [-0.39, 0.29) is 6.61 Å². The van der Waals surface area contributed by atoms with Gasteiger partial charge in [-0.25, -0.2) is 0 Å². The van der Waals surface area contributed by atoms with Crippen molar-refractivity contribution in [2.45, 2.75) is 45.8 Å². The molecule has 1 rings (SSSR count). The van der Waals surface area contributed by atoms with Crippen LogP contribution in [0.1, 0.15) is 33.6 Å². The molecule has 0 amide bonds. The van der Waals surface area contributed by atoms with Gasteiger partial charge in [0.15, 0.2) is 0 Å². The molecule has 0 saturated carbocycles. The lowest BCUT2D eigenvalue weighted by molar-refractivity contribution is 0.0300. The maximum absolute atomic E-state index is 8.87. The lowest BCUT2D eigenvalue weighted by atomic mass is 9.97. The van der Waals surface area contributed by atoms with Gasteiger partial charge < -0.3 is 9.84 Å². The van der Waals surface area contributed by atoms with Gasteiger partial charge in [-0.05, 0) is 31.6 Å². The smallest absolute Gasteiger partial charge is 0.0585 e. The Kier molecular flexibility index (Phi) is 3.53. The molecule has 0 aromatic heterocycles. The normalized spacial score (nSPS) is 38.5. The van der Waals surface area contributed by atoms with E-state index in [9.17, 15) is 0 Å².